The number of ether oxygens (including phenoxy) is 2. The largest absolute Gasteiger partial charge is 0.490 e. The molecule has 0 bridgehead atoms. The lowest BCUT2D eigenvalue weighted by atomic mass is 9.95. The average molecular weight is 465 g/mol. The third-order valence-electron chi connectivity index (χ3n) is 5.63. The van der Waals surface area contributed by atoms with E-state index in [1.165, 1.54) is 0 Å². The summed E-state index contributed by atoms with van der Waals surface area (Å²) in [5.74, 6) is 1.61. The van der Waals surface area contributed by atoms with E-state index in [2.05, 4.69) is 29.6 Å². The number of benzene rings is 2. The zero-order valence-corrected chi connectivity index (χ0v) is 21.0. The summed E-state index contributed by atoms with van der Waals surface area (Å²) in [7, 11) is 0. The van der Waals surface area contributed by atoms with Gasteiger partial charge >= 0.3 is 0 Å². The van der Waals surface area contributed by atoms with Crippen molar-refractivity contribution in [1.82, 2.24) is 15.1 Å². The van der Waals surface area contributed by atoms with Crippen molar-refractivity contribution in [3.63, 3.8) is 0 Å². The molecular formula is C27H36N4O3. The molecular weight excluding hydrogens is 428 g/mol. The van der Waals surface area contributed by atoms with Crippen molar-refractivity contribution in [3.05, 3.63) is 65.5 Å². The van der Waals surface area contributed by atoms with E-state index in [0.29, 0.717) is 13.2 Å². The molecule has 2 aromatic carbocycles. The minimum absolute atomic E-state index is 0.0186. The zero-order chi connectivity index (χ0) is 24.7. The lowest BCUT2D eigenvalue weighted by molar-refractivity contribution is -0.115. The monoisotopic (exact) mass is 464 g/mol. The number of aromatic nitrogens is 2. The standard InChI is InChI=1S/C27H36N4O3/c1-7-33-23-15-14-21(16-24(23)34-8-2)26(18(3)4)28-17-25(32)29-27-19(5)30-31(20(27)6)22-12-10-9-11-13-22/h9-16,18,26,28H,7-8,17H2,1-6H3,(H,29,32). The van der Waals surface area contributed by atoms with Crippen molar-refractivity contribution in [2.24, 2.45) is 5.92 Å². The maximum absolute atomic E-state index is 12.9. The van der Waals surface area contributed by atoms with Crippen LogP contribution in [0.1, 0.15) is 50.7 Å². The Hall–Kier alpha value is -3.32. The lowest BCUT2D eigenvalue weighted by Gasteiger charge is -2.24. The molecule has 34 heavy (non-hydrogen) atoms. The van der Waals surface area contributed by atoms with Gasteiger partial charge in [-0.15, -0.1) is 0 Å². The summed E-state index contributed by atoms with van der Waals surface area (Å²) < 4.78 is 13.3. The van der Waals surface area contributed by atoms with Crippen LogP contribution in [0.25, 0.3) is 5.69 Å². The maximum Gasteiger partial charge on any atom is 0.238 e. The molecule has 0 spiro atoms. The number of nitrogens with one attached hydrogen (secondary N) is 2. The predicted octanol–water partition coefficient (Wildman–Crippen LogP) is 5.21. The molecule has 0 radical (unpaired) electrons. The van der Waals surface area contributed by atoms with Crippen LogP contribution in [0.4, 0.5) is 5.69 Å². The molecule has 3 rings (SSSR count). The number of carbonyl (C=O) groups is 1. The lowest BCUT2D eigenvalue weighted by Crippen LogP contribution is -2.33. The summed E-state index contributed by atoms with van der Waals surface area (Å²) in [5, 5.41) is 11.1. The van der Waals surface area contributed by atoms with Gasteiger partial charge in [0.25, 0.3) is 0 Å². The summed E-state index contributed by atoms with van der Waals surface area (Å²) in [6.45, 7) is 13.3. The number of anilines is 1. The molecule has 7 nitrogen and oxygen atoms in total. The van der Waals surface area contributed by atoms with Gasteiger partial charge in [-0.3, -0.25) is 4.79 Å². The van der Waals surface area contributed by atoms with E-state index in [4.69, 9.17) is 9.47 Å². The minimum Gasteiger partial charge on any atom is -0.490 e. The topological polar surface area (TPSA) is 77.4 Å². The second-order valence-corrected chi connectivity index (χ2v) is 8.52. The molecule has 0 aliphatic heterocycles. The molecule has 1 aromatic heterocycles. The Morgan fingerprint density at radius 3 is 2.32 bits per heavy atom. The van der Waals surface area contributed by atoms with E-state index in [0.717, 1.165) is 39.8 Å². The van der Waals surface area contributed by atoms with Crippen molar-refractivity contribution in [2.75, 3.05) is 25.1 Å². The molecule has 1 heterocycles. The molecule has 1 unspecified atom stereocenters. The quantitative estimate of drug-likeness (QED) is 0.407. The molecule has 1 atom stereocenters. The van der Waals surface area contributed by atoms with Gasteiger partial charge in [-0.05, 0) is 63.4 Å². The summed E-state index contributed by atoms with van der Waals surface area (Å²) >= 11 is 0. The van der Waals surface area contributed by atoms with Crippen LogP contribution < -0.4 is 20.1 Å². The van der Waals surface area contributed by atoms with Crippen molar-refractivity contribution in [1.29, 1.82) is 0 Å². The van der Waals surface area contributed by atoms with Gasteiger partial charge in [-0.1, -0.05) is 38.1 Å². The number of rotatable bonds is 11. The van der Waals surface area contributed by atoms with Gasteiger partial charge in [0.15, 0.2) is 11.5 Å². The summed E-state index contributed by atoms with van der Waals surface area (Å²) in [5.41, 5.74) is 4.44. The van der Waals surface area contributed by atoms with E-state index >= 15 is 0 Å². The molecule has 1 amide bonds. The second-order valence-electron chi connectivity index (χ2n) is 8.52. The first kappa shape index (κ1) is 25.3. The zero-order valence-electron chi connectivity index (χ0n) is 21.0. The SMILES string of the molecule is CCOc1ccc(C(NCC(=O)Nc2c(C)nn(-c3ccccc3)c2C)C(C)C)cc1OCC. The van der Waals surface area contributed by atoms with Gasteiger partial charge in [0.2, 0.25) is 5.91 Å². The fourth-order valence-electron chi connectivity index (χ4n) is 4.03. The fourth-order valence-corrected chi connectivity index (χ4v) is 4.03. The molecule has 2 N–H and O–H groups in total. The van der Waals surface area contributed by atoms with Crippen LogP contribution in [0.2, 0.25) is 0 Å². The molecule has 182 valence electrons. The van der Waals surface area contributed by atoms with Crippen LogP contribution in [-0.4, -0.2) is 35.4 Å². The smallest absolute Gasteiger partial charge is 0.238 e. The van der Waals surface area contributed by atoms with Crippen LogP contribution in [0.15, 0.2) is 48.5 Å². The Bertz CT molecular complexity index is 1090. The van der Waals surface area contributed by atoms with Crippen LogP contribution in [0.3, 0.4) is 0 Å². The third kappa shape index (κ3) is 5.97. The Morgan fingerprint density at radius 2 is 1.68 bits per heavy atom. The Labute approximate surface area is 202 Å². The van der Waals surface area contributed by atoms with Crippen molar-refractivity contribution in [2.45, 2.75) is 47.6 Å². The third-order valence-corrected chi connectivity index (χ3v) is 5.63. The van der Waals surface area contributed by atoms with Gasteiger partial charge in [-0.25, -0.2) is 4.68 Å². The summed E-state index contributed by atoms with van der Waals surface area (Å²) in [6, 6.07) is 15.8. The molecule has 0 saturated carbocycles. The van der Waals surface area contributed by atoms with Crippen molar-refractivity contribution >= 4 is 11.6 Å². The number of aryl methyl sites for hydroxylation is 1. The van der Waals surface area contributed by atoms with Gasteiger partial charge in [0.1, 0.15) is 0 Å². The Balaban J connectivity index is 1.72. The first-order valence-corrected chi connectivity index (χ1v) is 11.9. The highest BCUT2D eigenvalue weighted by Crippen LogP contribution is 2.33. The predicted molar refractivity (Wildman–Crippen MR) is 136 cm³/mol. The number of nitrogens with zero attached hydrogens (tertiary/aromatic N) is 2. The molecule has 7 heteroatoms. The normalized spacial score (nSPS) is 12.0. The fraction of sp³-hybridized carbons (Fsp3) is 0.407. The van der Waals surface area contributed by atoms with Gasteiger partial charge < -0.3 is 20.1 Å². The van der Waals surface area contributed by atoms with E-state index in [-0.39, 0.29) is 24.4 Å². The summed E-state index contributed by atoms with van der Waals surface area (Å²) in [4.78, 5) is 12.9. The van der Waals surface area contributed by atoms with Crippen molar-refractivity contribution < 1.29 is 14.3 Å². The highest BCUT2D eigenvalue weighted by atomic mass is 16.5. The number of hydrogen-bond acceptors (Lipinski definition) is 5. The summed E-state index contributed by atoms with van der Waals surface area (Å²) in [6.07, 6.45) is 0. The minimum atomic E-state index is -0.111. The highest BCUT2D eigenvalue weighted by Gasteiger charge is 2.20. The maximum atomic E-state index is 12.9. The van der Waals surface area contributed by atoms with E-state index in [9.17, 15) is 4.79 Å². The van der Waals surface area contributed by atoms with Gasteiger partial charge in [0.05, 0.1) is 42.5 Å². The van der Waals surface area contributed by atoms with Crippen LogP contribution >= 0.6 is 0 Å². The van der Waals surface area contributed by atoms with Crippen LogP contribution in [-0.2, 0) is 4.79 Å². The Morgan fingerprint density at radius 1 is 1.00 bits per heavy atom. The molecule has 3 aromatic rings. The van der Waals surface area contributed by atoms with Gasteiger partial charge in [-0.2, -0.15) is 5.10 Å². The average Bonchev–Trinajstić information content (AvgIpc) is 3.09. The molecule has 0 fully saturated rings. The molecule has 0 saturated heterocycles. The highest BCUT2D eigenvalue weighted by molar-refractivity contribution is 5.93. The van der Waals surface area contributed by atoms with E-state index < -0.39 is 0 Å². The second kappa shape index (κ2) is 11.7. The van der Waals surface area contributed by atoms with Gasteiger partial charge in [0, 0.05) is 6.04 Å². The number of carbonyl (C=O) groups excluding carboxylic acids is 1. The van der Waals surface area contributed by atoms with Crippen LogP contribution in [0.5, 0.6) is 11.5 Å². The van der Waals surface area contributed by atoms with Crippen molar-refractivity contribution in [3.8, 4) is 17.2 Å². The van der Waals surface area contributed by atoms with Crippen LogP contribution in [0, 0.1) is 19.8 Å². The first-order valence-electron chi connectivity index (χ1n) is 11.9. The Kier molecular flexibility index (Phi) is 8.71. The number of hydrogen-bond donors (Lipinski definition) is 2. The van der Waals surface area contributed by atoms with E-state index in [1.807, 2.05) is 80.9 Å². The molecule has 0 aliphatic carbocycles. The number of amides is 1. The first-order chi connectivity index (χ1) is 16.3. The molecule has 0 aliphatic rings. The number of para-hydroxylation sites is 1. The van der Waals surface area contributed by atoms with E-state index in [1.54, 1.807) is 0 Å².